The Hall–Kier alpha value is -2.39. The lowest BCUT2D eigenvalue weighted by molar-refractivity contribution is 1.08. The van der Waals surface area contributed by atoms with Gasteiger partial charge >= 0.3 is 0 Å². The van der Waals surface area contributed by atoms with E-state index < -0.39 is 7.26 Å². The van der Waals surface area contributed by atoms with Crippen molar-refractivity contribution in [1.82, 2.24) is 0 Å². The molecule has 0 N–H and O–H groups in total. The molecule has 0 aromatic heterocycles. The maximum atomic E-state index is 8.92. The largest absolute Gasteiger partial charge is 0.198 e. The number of rotatable bonds is 8. The van der Waals surface area contributed by atoms with E-state index in [0.717, 1.165) is 30.2 Å². The molecule has 0 amide bonds. The molecular weight excluding hydrogens is 291 g/mol. The van der Waals surface area contributed by atoms with Crippen molar-refractivity contribution in [2.24, 2.45) is 0 Å². The highest BCUT2D eigenvalue weighted by Crippen LogP contribution is 2.62. The molecule has 0 heterocycles. The lowest BCUT2D eigenvalue weighted by atomic mass is 10.2. The zero-order valence-electron chi connectivity index (χ0n) is 12.5. The first-order valence-corrected chi connectivity index (χ1v) is 9.67. The molecule has 0 aliphatic heterocycles. The van der Waals surface area contributed by atoms with Gasteiger partial charge in [0, 0.05) is 7.26 Å². The monoisotopic (exact) mass is 309 g/mol. The highest BCUT2D eigenvalue weighted by atomic mass is 31.2. The predicted molar refractivity (Wildman–Crippen MR) is 87.1 cm³/mol. The highest BCUT2D eigenvalue weighted by Gasteiger charge is 2.36. The summed E-state index contributed by atoms with van der Waals surface area (Å²) in [5, 5.41) is 35.6. The second-order valence-electron chi connectivity index (χ2n) is 5.20. The van der Waals surface area contributed by atoms with E-state index in [1.54, 1.807) is 12.1 Å². The van der Waals surface area contributed by atoms with Crippen molar-refractivity contribution >= 4 is 7.26 Å². The molecule has 0 saturated heterocycles. The third-order valence-corrected chi connectivity index (χ3v) is 8.25. The van der Waals surface area contributed by atoms with E-state index in [0.29, 0.717) is 24.8 Å². The van der Waals surface area contributed by atoms with Crippen LogP contribution >= 0.6 is 7.26 Å². The van der Waals surface area contributed by atoms with Crippen LogP contribution in [0.15, 0.2) is 24.3 Å². The van der Waals surface area contributed by atoms with E-state index in [9.17, 15) is 0 Å². The Balaban J connectivity index is 2.99. The Morgan fingerprint density at radius 1 is 0.727 bits per heavy atom. The van der Waals surface area contributed by atoms with Gasteiger partial charge in [-0.1, -0.05) is 12.1 Å². The molecule has 0 saturated carbocycles. The summed E-state index contributed by atoms with van der Waals surface area (Å²) in [6, 6.07) is 16.2. The molecular formula is C17H18N4P+. The van der Waals surface area contributed by atoms with Gasteiger partial charge in [0.15, 0.2) is 0 Å². The molecule has 0 aliphatic rings. The van der Waals surface area contributed by atoms with Crippen LogP contribution in [0, 0.1) is 45.3 Å². The quantitative estimate of drug-likeness (QED) is 0.682. The van der Waals surface area contributed by atoms with Gasteiger partial charge in [-0.15, -0.1) is 0 Å². The van der Waals surface area contributed by atoms with Gasteiger partial charge in [0.05, 0.1) is 73.8 Å². The Labute approximate surface area is 132 Å². The van der Waals surface area contributed by atoms with Gasteiger partial charge in [-0.3, -0.25) is 0 Å². The normalized spacial score (nSPS) is 10.0. The smallest absolute Gasteiger partial charge is 0.0991 e. The number of nitrogens with zero attached hydrogens (tertiary/aromatic N) is 4. The van der Waals surface area contributed by atoms with Gasteiger partial charge in [-0.05, 0) is 17.7 Å². The van der Waals surface area contributed by atoms with Crippen LogP contribution in [-0.4, -0.2) is 18.5 Å². The minimum atomic E-state index is -1.54. The van der Waals surface area contributed by atoms with Crippen LogP contribution in [0.2, 0.25) is 0 Å². The van der Waals surface area contributed by atoms with Gasteiger partial charge in [0.25, 0.3) is 0 Å². The SMILES string of the molecule is N#CCC[P+](CCC#N)(CCC#N)Cc1ccc(C#N)cc1. The lowest BCUT2D eigenvalue weighted by Crippen LogP contribution is -2.11. The van der Waals surface area contributed by atoms with Crippen LogP contribution in [-0.2, 0) is 6.16 Å². The van der Waals surface area contributed by atoms with Crippen LogP contribution < -0.4 is 0 Å². The van der Waals surface area contributed by atoms with E-state index in [1.165, 1.54) is 0 Å². The topological polar surface area (TPSA) is 95.2 Å². The molecule has 0 aliphatic carbocycles. The van der Waals surface area contributed by atoms with Crippen molar-refractivity contribution < 1.29 is 0 Å². The zero-order chi connectivity index (χ0) is 16.3. The molecule has 5 heteroatoms. The van der Waals surface area contributed by atoms with Gasteiger partial charge in [0.1, 0.15) is 0 Å². The van der Waals surface area contributed by atoms with Gasteiger partial charge < -0.3 is 0 Å². The summed E-state index contributed by atoms with van der Waals surface area (Å²) in [6.45, 7) is 0. The minimum Gasteiger partial charge on any atom is -0.198 e. The average molecular weight is 309 g/mol. The van der Waals surface area contributed by atoms with Crippen LogP contribution in [0.4, 0.5) is 0 Å². The maximum Gasteiger partial charge on any atom is 0.0991 e. The summed E-state index contributed by atoms with van der Waals surface area (Å²) in [7, 11) is -1.54. The van der Waals surface area contributed by atoms with Crippen molar-refractivity contribution in [1.29, 1.82) is 21.0 Å². The van der Waals surface area contributed by atoms with Crippen LogP contribution in [0.5, 0.6) is 0 Å². The number of hydrogen-bond donors (Lipinski definition) is 0. The maximum absolute atomic E-state index is 8.92. The fourth-order valence-electron chi connectivity index (χ4n) is 2.51. The van der Waals surface area contributed by atoms with Gasteiger partial charge in [-0.2, -0.15) is 21.0 Å². The first-order chi connectivity index (χ1) is 10.7. The molecule has 1 aromatic rings. The number of hydrogen-bond acceptors (Lipinski definition) is 4. The average Bonchev–Trinajstić information content (AvgIpc) is 2.56. The summed E-state index contributed by atoms with van der Waals surface area (Å²) in [5.41, 5.74) is 1.75. The molecule has 0 radical (unpaired) electrons. The first-order valence-electron chi connectivity index (χ1n) is 7.14. The van der Waals surface area contributed by atoms with Crippen molar-refractivity contribution in [3.63, 3.8) is 0 Å². The second-order valence-corrected chi connectivity index (χ2v) is 9.54. The Bertz CT molecular complexity index is 592. The highest BCUT2D eigenvalue weighted by molar-refractivity contribution is 7.75. The molecule has 0 fully saturated rings. The number of nitriles is 4. The fourth-order valence-corrected chi connectivity index (χ4v) is 6.36. The van der Waals surface area contributed by atoms with E-state index in [1.807, 2.05) is 12.1 Å². The van der Waals surface area contributed by atoms with Crippen LogP contribution in [0.25, 0.3) is 0 Å². The molecule has 0 spiro atoms. The zero-order valence-corrected chi connectivity index (χ0v) is 13.4. The van der Waals surface area contributed by atoms with E-state index >= 15 is 0 Å². The van der Waals surface area contributed by atoms with Crippen LogP contribution in [0.3, 0.4) is 0 Å². The van der Waals surface area contributed by atoms with Crippen molar-refractivity contribution in [3.05, 3.63) is 35.4 Å². The molecule has 22 heavy (non-hydrogen) atoms. The molecule has 1 aromatic carbocycles. The molecule has 0 bridgehead atoms. The number of benzene rings is 1. The lowest BCUT2D eigenvalue weighted by Gasteiger charge is -2.25. The van der Waals surface area contributed by atoms with E-state index in [2.05, 4.69) is 24.3 Å². The van der Waals surface area contributed by atoms with Gasteiger partial charge in [0.2, 0.25) is 0 Å². The molecule has 4 nitrogen and oxygen atoms in total. The van der Waals surface area contributed by atoms with Gasteiger partial charge in [-0.25, -0.2) is 0 Å². The van der Waals surface area contributed by atoms with Crippen molar-refractivity contribution in [3.8, 4) is 24.3 Å². The second kappa shape index (κ2) is 9.53. The summed E-state index contributed by atoms with van der Waals surface area (Å²) in [5.74, 6) is 0. The molecule has 0 atom stereocenters. The third-order valence-electron chi connectivity index (χ3n) is 3.69. The third kappa shape index (κ3) is 5.54. The van der Waals surface area contributed by atoms with Crippen LogP contribution in [0.1, 0.15) is 30.4 Å². The summed E-state index contributed by atoms with van der Waals surface area (Å²) in [4.78, 5) is 0. The molecule has 0 unspecified atom stereocenters. The van der Waals surface area contributed by atoms with Crippen molar-refractivity contribution in [2.75, 3.05) is 18.5 Å². The first kappa shape index (κ1) is 17.7. The summed E-state index contributed by atoms with van der Waals surface area (Å²) < 4.78 is 0. The summed E-state index contributed by atoms with van der Waals surface area (Å²) in [6.07, 6.45) is 4.65. The summed E-state index contributed by atoms with van der Waals surface area (Å²) >= 11 is 0. The van der Waals surface area contributed by atoms with E-state index in [4.69, 9.17) is 21.0 Å². The van der Waals surface area contributed by atoms with E-state index in [-0.39, 0.29) is 0 Å². The molecule has 110 valence electrons. The Kier molecular flexibility index (Phi) is 7.65. The fraction of sp³-hybridized carbons (Fsp3) is 0.412. The Morgan fingerprint density at radius 2 is 1.18 bits per heavy atom. The predicted octanol–water partition coefficient (Wildman–Crippen LogP) is 3.82. The Morgan fingerprint density at radius 3 is 1.55 bits per heavy atom. The molecule has 1 rings (SSSR count). The standard InChI is InChI=1S/C17H18N4P/c18-8-1-11-22(12-2-9-19,13-3-10-20)15-17-6-4-16(14-21)5-7-17/h4-7H,1-3,11-13,15H2/q+1. The van der Waals surface area contributed by atoms with Crippen molar-refractivity contribution in [2.45, 2.75) is 25.4 Å². The minimum absolute atomic E-state index is 0.473.